The largest absolute Gasteiger partial charge is 0.0760 e. The number of hydrogen-bond donors (Lipinski definition) is 0. The Morgan fingerprint density at radius 3 is 2.41 bits per heavy atom. The molecule has 0 aliphatic rings. The van der Waals surface area contributed by atoms with E-state index in [1.807, 2.05) is 0 Å². The maximum Gasteiger partial charge on any atom is -0.0149 e. The molecular formula is C17H25. The third-order valence-electron chi connectivity index (χ3n) is 3.31. The Morgan fingerprint density at radius 2 is 1.82 bits per heavy atom. The Labute approximate surface area is 107 Å². The van der Waals surface area contributed by atoms with Crippen molar-refractivity contribution in [3.63, 3.8) is 0 Å². The number of benzene rings is 1. The van der Waals surface area contributed by atoms with E-state index >= 15 is 0 Å². The summed E-state index contributed by atoms with van der Waals surface area (Å²) >= 11 is 0. The Balaban J connectivity index is 2.45. The minimum absolute atomic E-state index is 0.664. The van der Waals surface area contributed by atoms with E-state index in [1.54, 1.807) is 0 Å². The number of rotatable bonds is 7. The fourth-order valence-electron chi connectivity index (χ4n) is 1.83. The summed E-state index contributed by atoms with van der Waals surface area (Å²) < 4.78 is 0. The molecule has 0 nitrogen and oxygen atoms in total. The van der Waals surface area contributed by atoms with Crippen LogP contribution < -0.4 is 0 Å². The van der Waals surface area contributed by atoms with Crippen molar-refractivity contribution < 1.29 is 0 Å². The maximum atomic E-state index is 3.36. The van der Waals surface area contributed by atoms with Gasteiger partial charge in [-0.3, -0.25) is 0 Å². The van der Waals surface area contributed by atoms with Gasteiger partial charge in [-0.2, -0.15) is 0 Å². The fraction of sp³-hybridized carbons (Fsp3) is 0.529. The second-order valence-electron chi connectivity index (χ2n) is 4.78. The highest BCUT2D eigenvalue weighted by atomic mass is 14.1. The van der Waals surface area contributed by atoms with Crippen molar-refractivity contribution >= 4 is 0 Å². The lowest BCUT2D eigenvalue weighted by molar-refractivity contribution is 0.728. The molecule has 17 heavy (non-hydrogen) atoms. The van der Waals surface area contributed by atoms with Crippen molar-refractivity contribution in [2.75, 3.05) is 0 Å². The van der Waals surface area contributed by atoms with Crippen LogP contribution in [0.5, 0.6) is 0 Å². The summed E-state index contributed by atoms with van der Waals surface area (Å²) in [5.41, 5.74) is 2.64. The van der Waals surface area contributed by atoms with E-state index in [2.05, 4.69) is 57.2 Å². The lowest BCUT2D eigenvalue weighted by Crippen LogP contribution is -1.90. The second-order valence-corrected chi connectivity index (χ2v) is 4.78. The maximum absolute atomic E-state index is 3.36. The summed E-state index contributed by atoms with van der Waals surface area (Å²) in [6.07, 6.45) is 11.8. The first-order chi connectivity index (χ1) is 8.27. The Kier molecular flexibility index (Phi) is 6.69. The molecule has 1 unspecified atom stereocenters. The van der Waals surface area contributed by atoms with Gasteiger partial charge in [0.1, 0.15) is 0 Å². The SMILES string of the molecule is CCCCC/C=[C]\c1ccc(C(C)CC)cc1. The van der Waals surface area contributed by atoms with E-state index in [-0.39, 0.29) is 0 Å². The van der Waals surface area contributed by atoms with Crippen molar-refractivity contribution in [3.05, 3.63) is 47.5 Å². The monoisotopic (exact) mass is 229 g/mol. The molecule has 1 aromatic rings. The van der Waals surface area contributed by atoms with Crippen LogP contribution in [0.25, 0.3) is 0 Å². The molecule has 0 saturated heterocycles. The summed E-state index contributed by atoms with van der Waals surface area (Å²) in [6, 6.07) is 8.82. The molecule has 0 saturated carbocycles. The zero-order valence-corrected chi connectivity index (χ0v) is 11.5. The zero-order valence-electron chi connectivity index (χ0n) is 11.5. The van der Waals surface area contributed by atoms with E-state index in [4.69, 9.17) is 0 Å². The highest BCUT2D eigenvalue weighted by Gasteiger charge is 2.01. The highest BCUT2D eigenvalue weighted by molar-refractivity contribution is 5.28. The third-order valence-corrected chi connectivity index (χ3v) is 3.31. The van der Waals surface area contributed by atoms with Gasteiger partial charge in [0.2, 0.25) is 0 Å². The van der Waals surface area contributed by atoms with E-state index in [0.717, 1.165) is 6.42 Å². The second kappa shape index (κ2) is 8.11. The highest BCUT2D eigenvalue weighted by Crippen LogP contribution is 2.18. The molecule has 0 bridgehead atoms. The zero-order chi connectivity index (χ0) is 12.5. The van der Waals surface area contributed by atoms with Crippen molar-refractivity contribution in [2.45, 2.75) is 58.8 Å². The van der Waals surface area contributed by atoms with Gasteiger partial charge in [-0.25, -0.2) is 0 Å². The molecule has 0 N–H and O–H groups in total. The van der Waals surface area contributed by atoms with E-state index < -0.39 is 0 Å². The van der Waals surface area contributed by atoms with Crippen molar-refractivity contribution in [2.24, 2.45) is 0 Å². The van der Waals surface area contributed by atoms with E-state index in [1.165, 1.54) is 36.8 Å². The molecule has 1 atom stereocenters. The van der Waals surface area contributed by atoms with Crippen LogP contribution in [0.3, 0.4) is 0 Å². The van der Waals surface area contributed by atoms with Crippen LogP contribution in [0.4, 0.5) is 0 Å². The van der Waals surface area contributed by atoms with Crippen molar-refractivity contribution in [1.29, 1.82) is 0 Å². The minimum Gasteiger partial charge on any atom is -0.0760 e. The minimum atomic E-state index is 0.664. The van der Waals surface area contributed by atoms with E-state index in [9.17, 15) is 0 Å². The molecule has 0 spiro atoms. The van der Waals surface area contributed by atoms with Crippen LogP contribution in [0, 0.1) is 6.08 Å². The first-order valence-electron chi connectivity index (χ1n) is 6.96. The topological polar surface area (TPSA) is 0 Å². The molecule has 0 aliphatic carbocycles. The summed E-state index contributed by atoms with van der Waals surface area (Å²) in [7, 11) is 0. The Bertz CT molecular complexity index is 318. The fourth-order valence-corrected chi connectivity index (χ4v) is 1.83. The van der Waals surface area contributed by atoms with Gasteiger partial charge in [-0.05, 0) is 42.4 Å². The average Bonchev–Trinajstić information content (AvgIpc) is 2.38. The van der Waals surface area contributed by atoms with Gasteiger partial charge in [0.25, 0.3) is 0 Å². The number of unbranched alkanes of at least 4 members (excludes halogenated alkanes) is 3. The summed E-state index contributed by atoms with van der Waals surface area (Å²) in [4.78, 5) is 0. The molecule has 1 radical (unpaired) electrons. The third kappa shape index (κ3) is 5.21. The molecule has 0 aromatic heterocycles. The molecular weight excluding hydrogens is 204 g/mol. The standard InChI is InChI=1S/C17H25/c1-4-6-7-8-9-10-16-11-13-17(14-12-16)15(3)5-2/h9,11-15H,4-8H2,1-3H3. The smallest absolute Gasteiger partial charge is 0.0149 e. The lowest BCUT2D eigenvalue weighted by atomic mass is 9.97. The number of hydrogen-bond acceptors (Lipinski definition) is 0. The lowest BCUT2D eigenvalue weighted by Gasteiger charge is -2.08. The van der Waals surface area contributed by atoms with Gasteiger partial charge in [-0.1, -0.05) is 64.0 Å². The quantitative estimate of drug-likeness (QED) is 0.542. The van der Waals surface area contributed by atoms with Crippen LogP contribution in [0.1, 0.15) is 69.9 Å². The summed E-state index contributed by atoms with van der Waals surface area (Å²) in [5.74, 6) is 0.664. The Hall–Kier alpha value is -1.04. The van der Waals surface area contributed by atoms with Gasteiger partial charge in [0, 0.05) is 0 Å². The van der Waals surface area contributed by atoms with Crippen LogP contribution >= 0.6 is 0 Å². The van der Waals surface area contributed by atoms with Gasteiger partial charge < -0.3 is 0 Å². The predicted octanol–water partition coefficient (Wildman–Crippen LogP) is 5.49. The Morgan fingerprint density at radius 1 is 1.12 bits per heavy atom. The van der Waals surface area contributed by atoms with Crippen LogP contribution in [0.2, 0.25) is 0 Å². The van der Waals surface area contributed by atoms with Gasteiger partial charge in [-0.15, -0.1) is 0 Å². The number of allylic oxidation sites excluding steroid dienone is 1. The van der Waals surface area contributed by atoms with Crippen molar-refractivity contribution in [1.82, 2.24) is 0 Å². The van der Waals surface area contributed by atoms with E-state index in [0.29, 0.717) is 5.92 Å². The van der Waals surface area contributed by atoms with Crippen LogP contribution in [-0.4, -0.2) is 0 Å². The van der Waals surface area contributed by atoms with Crippen molar-refractivity contribution in [3.8, 4) is 0 Å². The molecule has 0 amide bonds. The van der Waals surface area contributed by atoms with Crippen LogP contribution in [0.15, 0.2) is 30.3 Å². The molecule has 0 fully saturated rings. The normalized spacial score (nSPS) is 13.1. The molecule has 1 aromatic carbocycles. The van der Waals surface area contributed by atoms with Gasteiger partial charge >= 0.3 is 0 Å². The first-order valence-corrected chi connectivity index (χ1v) is 6.96. The van der Waals surface area contributed by atoms with Crippen LogP contribution in [-0.2, 0) is 0 Å². The molecule has 1 rings (SSSR count). The molecule has 0 aliphatic heterocycles. The van der Waals surface area contributed by atoms with Gasteiger partial charge in [0.15, 0.2) is 0 Å². The summed E-state index contributed by atoms with van der Waals surface area (Å²) in [6.45, 7) is 6.75. The molecule has 0 heterocycles. The predicted molar refractivity (Wildman–Crippen MR) is 76.2 cm³/mol. The first kappa shape index (κ1) is 14.0. The average molecular weight is 229 g/mol. The summed E-state index contributed by atoms with van der Waals surface area (Å²) in [5, 5.41) is 0. The molecule has 93 valence electrons. The molecule has 0 heteroatoms. The van der Waals surface area contributed by atoms with Gasteiger partial charge in [0.05, 0.1) is 0 Å².